The zero-order valence-electron chi connectivity index (χ0n) is 7.73. The van der Waals surface area contributed by atoms with E-state index in [2.05, 4.69) is 15.3 Å². The van der Waals surface area contributed by atoms with Crippen LogP contribution in [0.1, 0.15) is 13.8 Å². The largest absolute Gasteiger partial charge is 0.433 e. The molecule has 0 radical (unpaired) electrons. The third-order valence-corrected chi connectivity index (χ3v) is 2.54. The van der Waals surface area contributed by atoms with Gasteiger partial charge in [0, 0.05) is 7.05 Å². The zero-order chi connectivity index (χ0) is 9.84. The highest BCUT2D eigenvalue weighted by atomic mass is 32.2. The molecule has 2 unspecified atom stereocenters. The highest BCUT2D eigenvalue weighted by Gasteiger charge is 2.26. The number of carbonyl (C=O) groups excluding carboxylic acids is 1. The van der Waals surface area contributed by atoms with Crippen molar-refractivity contribution in [1.29, 1.82) is 0 Å². The van der Waals surface area contributed by atoms with E-state index in [4.69, 9.17) is 4.74 Å². The summed E-state index contributed by atoms with van der Waals surface area (Å²) in [6, 6.07) is 0. The van der Waals surface area contributed by atoms with Crippen molar-refractivity contribution in [3.05, 3.63) is 0 Å². The lowest BCUT2D eigenvalue weighted by molar-refractivity contribution is 0.107. The van der Waals surface area contributed by atoms with Crippen molar-refractivity contribution in [3.63, 3.8) is 0 Å². The van der Waals surface area contributed by atoms with Crippen LogP contribution in [0.5, 0.6) is 0 Å². The summed E-state index contributed by atoms with van der Waals surface area (Å²) >= 11 is 1.45. The van der Waals surface area contributed by atoms with Crippen LogP contribution in [-0.4, -0.2) is 29.7 Å². The summed E-state index contributed by atoms with van der Waals surface area (Å²) in [4.78, 5) is 15.2. The average Bonchev–Trinajstić information content (AvgIpc) is 2.41. The molecule has 1 aliphatic rings. The summed E-state index contributed by atoms with van der Waals surface area (Å²) in [6.45, 7) is 3.78. The Labute approximate surface area is 80.8 Å². The molecule has 0 aliphatic carbocycles. The lowest BCUT2D eigenvalue weighted by atomic mass is 10.4. The van der Waals surface area contributed by atoms with Gasteiger partial charge in [-0.3, -0.25) is 4.84 Å². The van der Waals surface area contributed by atoms with E-state index in [0.717, 1.165) is 0 Å². The Morgan fingerprint density at radius 2 is 2.38 bits per heavy atom. The van der Waals surface area contributed by atoms with Crippen molar-refractivity contribution >= 4 is 22.9 Å². The van der Waals surface area contributed by atoms with Gasteiger partial charge in [0.05, 0.1) is 0 Å². The molecule has 0 aromatic carbocycles. The number of amides is 1. The van der Waals surface area contributed by atoms with Gasteiger partial charge in [0.2, 0.25) is 0 Å². The van der Waals surface area contributed by atoms with Crippen LogP contribution in [-0.2, 0) is 9.57 Å². The molecule has 1 rings (SSSR count). The molecular weight excluding hydrogens is 192 g/mol. The molecule has 1 heterocycles. The van der Waals surface area contributed by atoms with E-state index in [1.165, 1.54) is 18.8 Å². The maximum atomic E-state index is 10.7. The molecule has 2 atom stereocenters. The highest BCUT2D eigenvalue weighted by Crippen LogP contribution is 2.27. The number of hydrogen-bond donors (Lipinski definition) is 1. The van der Waals surface area contributed by atoms with Gasteiger partial charge < -0.3 is 10.1 Å². The Hall–Kier alpha value is -0.750. The average molecular weight is 204 g/mol. The maximum Gasteiger partial charge on any atom is 0.433 e. The maximum absolute atomic E-state index is 10.7. The molecule has 1 saturated heterocycles. The molecule has 1 fully saturated rings. The molecule has 1 amide bonds. The van der Waals surface area contributed by atoms with E-state index in [1.54, 1.807) is 0 Å². The highest BCUT2D eigenvalue weighted by molar-refractivity contribution is 8.14. The summed E-state index contributed by atoms with van der Waals surface area (Å²) in [5.74, 6) is 0. The SMILES string of the molecule is CNC(=O)ON=C1SC(C)OC1C. The van der Waals surface area contributed by atoms with Crippen molar-refractivity contribution in [3.8, 4) is 0 Å². The molecule has 0 aromatic heterocycles. The fourth-order valence-corrected chi connectivity index (χ4v) is 1.76. The van der Waals surface area contributed by atoms with E-state index >= 15 is 0 Å². The van der Waals surface area contributed by atoms with Crippen molar-refractivity contribution < 1.29 is 14.4 Å². The molecule has 0 saturated carbocycles. The second-order valence-electron chi connectivity index (χ2n) is 2.52. The molecule has 1 N–H and O–H groups in total. The van der Waals surface area contributed by atoms with E-state index in [1.807, 2.05) is 13.8 Å². The van der Waals surface area contributed by atoms with E-state index in [9.17, 15) is 4.79 Å². The molecule has 13 heavy (non-hydrogen) atoms. The standard InChI is InChI=1S/C7H12N2O3S/c1-4-6(13-5(2)11-4)9-12-7(10)8-3/h4-5H,1-3H3,(H,8,10). The fraction of sp³-hybridized carbons (Fsp3) is 0.714. The Morgan fingerprint density at radius 3 is 2.85 bits per heavy atom. The zero-order valence-corrected chi connectivity index (χ0v) is 8.55. The molecule has 1 aliphatic heterocycles. The number of nitrogens with one attached hydrogen (secondary N) is 1. The predicted molar refractivity (Wildman–Crippen MR) is 50.6 cm³/mol. The number of ether oxygens (including phenoxy) is 1. The summed E-state index contributed by atoms with van der Waals surface area (Å²) in [5, 5.41) is 6.66. The lowest BCUT2D eigenvalue weighted by Crippen LogP contribution is -2.18. The minimum atomic E-state index is -0.570. The van der Waals surface area contributed by atoms with Gasteiger partial charge in [-0.15, -0.1) is 0 Å². The number of nitrogens with zero attached hydrogens (tertiary/aromatic N) is 1. The first-order valence-electron chi connectivity index (χ1n) is 3.92. The number of carbonyl (C=O) groups is 1. The summed E-state index contributed by atoms with van der Waals surface area (Å²) < 4.78 is 5.36. The second kappa shape index (κ2) is 4.48. The Bertz CT molecular complexity index is 232. The van der Waals surface area contributed by atoms with Gasteiger partial charge in [-0.2, -0.15) is 0 Å². The number of thioether (sulfide) groups is 1. The summed E-state index contributed by atoms with van der Waals surface area (Å²) in [7, 11) is 1.48. The van der Waals surface area contributed by atoms with Gasteiger partial charge in [0.1, 0.15) is 16.6 Å². The smallest absolute Gasteiger partial charge is 0.358 e. The monoisotopic (exact) mass is 204 g/mol. The number of rotatable bonds is 1. The van der Waals surface area contributed by atoms with Crippen LogP contribution >= 0.6 is 11.8 Å². The quantitative estimate of drug-likeness (QED) is 0.514. The normalized spacial score (nSPS) is 30.5. The van der Waals surface area contributed by atoms with Gasteiger partial charge >= 0.3 is 6.09 Å². The third kappa shape index (κ3) is 2.89. The van der Waals surface area contributed by atoms with Crippen LogP contribution in [0, 0.1) is 0 Å². The number of oxime groups is 1. The van der Waals surface area contributed by atoms with Crippen LogP contribution in [0.3, 0.4) is 0 Å². The predicted octanol–water partition coefficient (Wildman–Crippen LogP) is 1.15. The third-order valence-electron chi connectivity index (χ3n) is 1.45. The molecule has 0 aromatic rings. The van der Waals surface area contributed by atoms with Crippen molar-refractivity contribution in [2.24, 2.45) is 5.16 Å². The Morgan fingerprint density at radius 1 is 1.69 bits per heavy atom. The van der Waals surface area contributed by atoms with Gasteiger partial charge in [0.15, 0.2) is 0 Å². The van der Waals surface area contributed by atoms with E-state index < -0.39 is 6.09 Å². The first-order chi connectivity index (χ1) is 6.13. The van der Waals surface area contributed by atoms with Crippen molar-refractivity contribution in [1.82, 2.24) is 5.32 Å². The molecule has 0 spiro atoms. The van der Waals surface area contributed by atoms with E-state index in [-0.39, 0.29) is 11.5 Å². The molecule has 74 valence electrons. The summed E-state index contributed by atoms with van der Waals surface area (Å²) in [5.41, 5.74) is 0.0713. The van der Waals surface area contributed by atoms with Crippen LogP contribution in [0.15, 0.2) is 5.16 Å². The van der Waals surface area contributed by atoms with Crippen molar-refractivity contribution in [2.45, 2.75) is 25.4 Å². The Kier molecular flexibility index (Phi) is 3.56. The minimum absolute atomic E-state index is 0.0713. The molecular formula is C7H12N2O3S. The van der Waals surface area contributed by atoms with Crippen LogP contribution < -0.4 is 5.32 Å². The first-order valence-corrected chi connectivity index (χ1v) is 4.80. The fourth-order valence-electron chi connectivity index (χ4n) is 0.867. The van der Waals surface area contributed by atoms with Gasteiger partial charge in [-0.05, 0) is 13.8 Å². The second-order valence-corrected chi connectivity index (χ2v) is 3.84. The van der Waals surface area contributed by atoms with Gasteiger partial charge in [-0.1, -0.05) is 16.9 Å². The minimum Gasteiger partial charge on any atom is -0.358 e. The summed E-state index contributed by atoms with van der Waals surface area (Å²) in [6.07, 6.45) is -0.662. The first kappa shape index (κ1) is 10.3. The van der Waals surface area contributed by atoms with Crippen LogP contribution in [0.25, 0.3) is 0 Å². The number of hydrogen-bond acceptors (Lipinski definition) is 5. The van der Waals surface area contributed by atoms with Crippen molar-refractivity contribution in [2.75, 3.05) is 7.05 Å². The van der Waals surface area contributed by atoms with Gasteiger partial charge in [0.25, 0.3) is 0 Å². The van der Waals surface area contributed by atoms with Gasteiger partial charge in [-0.25, -0.2) is 4.79 Å². The molecule has 0 bridgehead atoms. The lowest BCUT2D eigenvalue weighted by Gasteiger charge is -2.00. The molecule has 6 heteroatoms. The Balaban J connectivity index is 2.47. The van der Waals surface area contributed by atoms with Crippen LogP contribution in [0.4, 0.5) is 4.79 Å². The van der Waals surface area contributed by atoms with E-state index in [0.29, 0.717) is 5.04 Å². The van der Waals surface area contributed by atoms with Crippen LogP contribution in [0.2, 0.25) is 0 Å². The molecule has 5 nitrogen and oxygen atoms in total. The topological polar surface area (TPSA) is 59.9 Å².